The fourth-order valence-corrected chi connectivity index (χ4v) is 2.22. The quantitative estimate of drug-likeness (QED) is 0.684. The van der Waals surface area contributed by atoms with Crippen molar-refractivity contribution in [2.75, 3.05) is 26.2 Å². The van der Waals surface area contributed by atoms with Gasteiger partial charge in [-0.3, -0.25) is 9.69 Å². The van der Waals surface area contributed by atoms with E-state index in [0.717, 1.165) is 32.0 Å². The van der Waals surface area contributed by atoms with Gasteiger partial charge >= 0.3 is 0 Å². The highest BCUT2D eigenvalue weighted by Gasteiger charge is 2.22. The molecule has 1 saturated carbocycles. The number of carbonyl (C=O) groups is 1. The molecule has 15 heavy (non-hydrogen) atoms. The molecule has 1 amide bonds. The van der Waals surface area contributed by atoms with E-state index in [1.54, 1.807) is 0 Å². The van der Waals surface area contributed by atoms with E-state index in [-0.39, 0.29) is 11.9 Å². The van der Waals surface area contributed by atoms with Crippen LogP contribution in [0.15, 0.2) is 0 Å². The molecule has 2 fully saturated rings. The summed E-state index contributed by atoms with van der Waals surface area (Å²) in [5.41, 5.74) is 5.78. The van der Waals surface area contributed by atoms with Gasteiger partial charge in [0.25, 0.3) is 0 Å². The van der Waals surface area contributed by atoms with E-state index >= 15 is 0 Å². The third-order valence-electron chi connectivity index (χ3n) is 3.49. The van der Waals surface area contributed by atoms with Gasteiger partial charge in [-0.25, -0.2) is 0 Å². The monoisotopic (exact) mass is 211 g/mol. The van der Waals surface area contributed by atoms with E-state index in [0.29, 0.717) is 6.54 Å². The summed E-state index contributed by atoms with van der Waals surface area (Å²) < 4.78 is 0. The first-order valence-electron chi connectivity index (χ1n) is 5.98. The lowest BCUT2D eigenvalue weighted by Gasteiger charge is -2.25. The molecule has 4 heteroatoms. The minimum absolute atomic E-state index is 0.163. The molecule has 0 radical (unpaired) electrons. The predicted octanol–water partition coefficient (Wildman–Crippen LogP) is -0.0643. The summed E-state index contributed by atoms with van der Waals surface area (Å²) in [5, 5.41) is 3.00. The Morgan fingerprint density at radius 1 is 1.40 bits per heavy atom. The van der Waals surface area contributed by atoms with Crippen LogP contribution in [0.2, 0.25) is 0 Å². The average Bonchev–Trinajstić information content (AvgIpc) is 2.48. The molecule has 4 nitrogen and oxygen atoms in total. The Labute approximate surface area is 91.2 Å². The molecule has 1 heterocycles. The Bertz CT molecular complexity index is 228. The van der Waals surface area contributed by atoms with Gasteiger partial charge in [-0.1, -0.05) is 6.42 Å². The first-order chi connectivity index (χ1) is 7.24. The van der Waals surface area contributed by atoms with Crippen LogP contribution >= 0.6 is 0 Å². The summed E-state index contributed by atoms with van der Waals surface area (Å²) in [6, 6.07) is 0.268. The van der Waals surface area contributed by atoms with Crippen molar-refractivity contribution in [1.82, 2.24) is 10.2 Å². The van der Waals surface area contributed by atoms with Crippen molar-refractivity contribution in [1.29, 1.82) is 0 Å². The van der Waals surface area contributed by atoms with Gasteiger partial charge in [-0.15, -0.1) is 0 Å². The molecule has 2 aliphatic rings. The van der Waals surface area contributed by atoms with Gasteiger partial charge in [0.15, 0.2) is 0 Å². The van der Waals surface area contributed by atoms with Crippen LogP contribution in [0, 0.1) is 5.92 Å². The molecule has 1 aliphatic heterocycles. The number of nitrogens with zero attached hydrogens (tertiary/aromatic N) is 1. The van der Waals surface area contributed by atoms with E-state index in [1.165, 1.54) is 19.3 Å². The molecule has 0 unspecified atom stereocenters. The molecule has 0 aromatic carbocycles. The summed E-state index contributed by atoms with van der Waals surface area (Å²) in [5.74, 6) is 0.908. The zero-order valence-electron chi connectivity index (χ0n) is 9.24. The Kier molecular flexibility index (Phi) is 3.59. The van der Waals surface area contributed by atoms with Crippen LogP contribution in [0.4, 0.5) is 0 Å². The summed E-state index contributed by atoms with van der Waals surface area (Å²) in [6.45, 7) is 3.24. The average molecular weight is 211 g/mol. The van der Waals surface area contributed by atoms with Crippen molar-refractivity contribution >= 4 is 5.91 Å². The van der Waals surface area contributed by atoms with Gasteiger partial charge in [-0.2, -0.15) is 0 Å². The number of hydrogen-bond donors (Lipinski definition) is 2. The second-order valence-corrected chi connectivity index (χ2v) is 4.88. The Morgan fingerprint density at radius 2 is 2.20 bits per heavy atom. The fraction of sp³-hybridized carbons (Fsp3) is 0.909. The summed E-state index contributed by atoms with van der Waals surface area (Å²) >= 11 is 0. The standard InChI is InChI=1S/C11H21N3O/c12-10-4-5-14(7-10)8-11(15)13-6-9-2-1-3-9/h9-10H,1-8,12H2,(H,13,15)/t10-/m0/s1. The lowest BCUT2D eigenvalue weighted by Crippen LogP contribution is -2.40. The highest BCUT2D eigenvalue weighted by atomic mass is 16.2. The first kappa shape index (κ1) is 10.9. The molecule has 1 aliphatic carbocycles. The number of carbonyl (C=O) groups excluding carboxylic acids is 1. The van der Waals surface area contributed by atoms with E-state index < -0.39 is 0 Å². The topological polar surface area (TPSA) is 58.4 Å². The number of likely N-dealkylation sites (tertiary alicyclic amines) is 1. The smallest absolute Gasteiger partial charge is 0.234 e. The van der Waals surface area contributed by atoms with Crippen molar-refractivity contribution in [3.8, 4) is 0 Å². The van der Waals surface area contributed by atoms with Crippen LogP contribution in [0.25, 0.3) is 0 Å². The molecule has 2 rings (SSSR count). The second-order valence-electron chi connectivity index (χ2n) is 4.88. The van der Waals surface area contributed by atoms with Gasteiger partial charge in [0.2, 0.25) is 5.91 Å². The van der Waals surface area contributed by atoms with Gasteiger partial charge < -0.3 is 11.1 Å². The molecule has 1 atom stereocenters. The van der Waals surface area contributed by atoms with Crippen LogP contribution in [-0.2, 0) is 4.79 Å². The number of hydrogen-bond acceptors (Lipinski definition) is 3. The van der Waals surface area contributed by atoms with Gasteiger partial charge in [-0.05, 0) is 25.2 Å². The molecular weight excluding hydrogens is 190 g/mol. The summed E-state index contributed by atoms with van der Waals surface area (Å²) in [6.07, 6.45) is 4.93. The third-order valence-corrected chi connectivity index (χ3v) is 3.49. The number of nitrogens with two attached hydrogens (primary N) is 1. The van der Waals surface area contributed by atoms with Crippen LogP contribution in [0.1, 0.15) is 25.7 Å². The zero-order chi connectivity index (χ0) is 10.7. The van der Waals surface area contributed by atoms with Crippen LogP contribution in [-0.4, -0.2) is 43.0 Å². The van der Waals surface area contributed by atoms with Crippen LogP contribution < -0.4 is 11.1 Å². The van der Waals surface area contributed by atoms with Crippen molar-refractivity contribution in [3.05, 3.63) is 0 Å². The fourth-order valence-electron chi connectivity index (χ4n) is 2.22. The minimum Gasteiger partial charge on any atom is -0.355 e. The van der Waals surface area contributed by atoms with Crippen molar-refractivity contribution in [2.24, 2.45) is 11.7 Å². The maximum atomic E-state index is 11.6. The van der Waals surface area contributed by atoms with Crippen LogP contribution in [0.3, 0.4) is 0 Å². The maximum Gasteiger partial charge on any atom is 0.234 e. The highest BCUT2D eigenvalue weighted by molar-refractivity contribution is 5.78. The SMILES string of the molecule is N[C@H]1CCN(CC(=O)NCC2CCC2)C1. The maximum absolute atomic E-state index is 11.6. The number of nitrogens with one attached hydrogen (secondary N) is 1. The normalized spacial score (nSPS) is 27.7. The zero-order valence-corrected chi connectivity index (χ0v) is 9.24. The Hall–Kier alpha value is -0.610. The molecule has 0 aromatic heterocycles. The van der Waals surface area contributed by atoms with Crippen molar-refractivity contribution in [3.63, 3.8) is 0 Å². The number of rotatable bonds is 4. The van der Waals surface area contributed by atoms with Gasteiger partial charge in [0, 0.05) is 25.7 Å². The minimum atomic E-state index is 0.163. The lowest BCUT2D eigenvalue weighted by atomic mass is 9.85. The van der Waals surface area contributed by atoms with Gasteiger partial charge in [0.05, 0.1) is 6.54 Å². The largest absolute Gasteiger partial charge is 0.355 e. The third kappa shape index (κ3) is 3.18. The molecule has 3 N–H and O–H groups in total. The molecule has 1 saturated heterocycles. The van der Waals surface area contributed by atoms with E-state index in [9.17, 15) is 4.79 Å². The molecule has 0 bridgehead atoms. The highest BCUT2D eigenvalue weighted by Crippen LogP contribution is 2.25. The first-order valence-corrected chi connectivity index (χ1v) is 5.98. The summed E-state index contributed by atoms with van der Waals surface area (Å²) in [4.78, 5) is 13.7. The van der Waals surface area contributed by atoms with E-state index in [2.05, 4.69) is 10.2 Å². The van der Waals surface area contributed by atoms with E-state index in [1.807, 2.05) is 0 Å². The molecule has 86 valence electrons. The Balaban J connectivity index is 1.59. The summed E-state index contributed by atoms with van der Waals surface area (Å²) in [7, 11) is 0. The second kappa shape index (κ2) is 4.94. The molecular formula is C11H21N3O. The van der Waals surface area contributed by atoms with Crippen molar-refractivity contribution < 1.29 is 4.79 Å². The van der Waals surface area contributed by atoms with Crippen LogP contribution in [0.5, 0.6) is 0 Å². The van der Waals surface area contributed by atoms with Gasteiger partial charge in [0.1, 0.15) is 0 Å². The Morgan fingerprint density at radius 3 is 2.73 bits per heavy atom. The molecule has 0 spiro atoms. The number of amides is 1. The lowest BCUT2D eigenvalue weighted by molar-refractivity contribution is -0.122. The molecule has 0 aromatic rings. The van der Waals surface area contributed by atoms with E-state index in [4.69, 9.17) is 5.73 Å². The van der Waals surface area contributed by atoms with Crippen molar-refractivity contribution in [2.45, 2.75) is 31.7 Å². The predicted molar refractivity (Wildman–Crippen MR) is 59.4 cm³/mol.